The fourth-order valence-corrected chi connectivity index (χ4v) is 6.78. The number of nitrogens with zero attached hydrogens (tertiary/aromatic N) is 10. The predicted octanol–water partition coefficient (Wildman–Crippen LogP) is 6.89. The van der Waals surface area contributed by atoms with E-state index in [1.807, 2.05) is 67.6 Å². The predicted molar refractivity (Wildman–Crippen MR) is 174 cm³/mol. The molecule has 0 aromatic heterocycles. The van der Waals surface area contributed by atoms with E-state index in [1.54, 1.807) is 4.90 Å². The van der Waals surface area contributed by atoms with Crippen LogP contribution in [0.1, 0.15) is 57.1 Å². The van der Waals surface area contributed by atoms with Gasteiger partial charge in [-0.1, -0.05) is 82.9 Å². The van der Waals surface area contributed by atoms with Crippen molar-refractivity contribution in [2.24, 2.45) is 21.3 Å². The SMILES string of the molecule is CC[C@H]([C@@H]1CC[C@@H](N=[N+]=[N-])[C@@H](O[C@H]2[C@H](O)[C@@H](OC(C)=O)[C@H](N=[N+]=[N-])C[C@@H]2N=[N+]=[N-])C1)N(Cc1ccccc1)C(=O)OCc1ccccc1. The van der Waals surface area contributed by atoms with E-state index >= 15 is 0 Å². The van der Waals surface area contributed by atoms with Gasteiger partial charge >= 0.3 is 12.1 Å². The van der Waals surface area contributed by atoms with Crippen LogP contribution in [0.3, 0.4) is 0 Å². The number of carbonyl (C=O) groups is 2. The van der Waals surface area contributed by atoms with Crippen molar-refractivity contribution in [2.75, 3.05) is 0 Å². The van der Waals surface area contributed by atoms with Crippen LogP contribution in [0.25, 0.3) is 31.3 Å². The number of benzene rings is 2. The molecule has 0 aliphatic heterocycles. The average molecular weight is 661 g/mol. The number of amides is 1. The van der Waals surface area contributed by atoms with Crippen molar-refractivity contribution in [1.29, 1.82) is 0 Å². The van der Waals surface area contributed by atoms with E-state index in [9.17, 15) is 25.8 Å². The van der Waals surface area contributed by atoms with E-state index in [2.05, 4.69) is 30.1 Å². The number of rotatable bonds is 13. The molecule has 0 radical (unpaired) electrons. The van der Waals surface area contributed by atoms with E-state index in [0.29, 0.717) is 32.2 Å². The van der Waals surface area contributed by atoms with Gasteiger partial charge in [0.2, 0.25) is 0 Å². The molecular formula is C32H40N10O6. The minimum absolute atomic E-state index is 0.0498. The van der Waals surface area contributed by atoms with Crippen LogP contribution in [-0.4, -0.2) is 70.7 Å². The molecule has 2 fully saturated rings. The maximum atomic E-state index is 13.7. The van der Waals surface area contributed by atoms with E-state index < -0.39 is 54.6 Å². The molecule has 4 rings (SSSR count). The monoisotopic (exact) mass is 660 g/mol. The molecule has 0 unspecified atom stereocenters. The highest BCUT2D eigenvalue weighted by atomic mass is 16.6. The largest absolute Gasteiger partial charge is 0.459 e. The second-order valence-electron chi connectivity index (χ2n) is 12.0. The van der Waals surface area contributed by atoms with E-state index in [-0.39, 0.29) is 25.0 Å². The molecule has 2 aliphatic rings. The molecule has 0 bridgehead atoms. The van der Waals surface area contributed by atoms with Crippen LogP contribution in [0, 0.1) is 5.92 Å². The van der Waals surface area contributed by atoms with Gasteiger partial charge in [-0.15, -0.1) is 0 Å². The fraction of sp³-hybridized carbons (Fsp3) is 0.562. The number of carbonyl (C=O) groups excluding carboxylic acids is 2. The van der Waals surface area contributed by atoms with E-state index in [1.165, 1.54) is 0 Å². The molecule has 0 heterocycles. The molecule has 48 heavy (non-hydrogen) atoms. The fourth-order valence-electron chi connectivity index (χ4n) is 6.78. The zero-order valence-corrected chi connectivity index (χ0v) is 26.9. The number of azide groups is 3. The van der Waals surface area contributed by atoms with Crippen LogP contribution in [0.5, 0.6) is 0 Å². The first-order chi connectivity index (χ1) is 23.3. The maximum absolute atomic E-state index is 13.7. The zero-order valence-electron chi connectivity index (χ0n) is 26.9. The average Bonchev–Trinajstić information content (AvgIpc) is 3.09. The van der Waals surface area contributed by atoms with Gasteiger partial charge in [-0.05, 0) is 65.7 Å². The molecule has 2 saturated carbocycles. The first kappa shape index (κ1) is 35.9. The zero-order chi connectivity index (χ0) is 34.5. The molecule has 1 amide bonds. The first-order valence-electron chi connectivity index (χ1n) is 15.9. The van der Waals surface area contributed by atoms with Gasteiger partial charge in [-0.3, -0.25) is 4.79 Å². The van der Waals surface area contributed by atoms with Gasteiger partial charge in [-0.25, -0.2) is 4.79 Å². The number of esters is 1. The summed E-state index contributed by atoms with van der Waals surface area (Å²) in [6.45, 7) is 3.57. The molecule has 2 aromatic carbocycles. The first-order valence-corrected chi connectivity index (χ1v) is 15.9. The van der Waals surface area contributed by atoms with Crippen molar-refractivity contribution in [3.63, 3.8) is 0 Å². The highest BCUT2D eigenvalue weighted by molar-refractivity contribution is 5.68. The topological polar surface area (TPSA) is 232 Å². The molecule has 254 valence electrons. The summed E-state index contributed by atoms with van der Waals surface area (Å²) < 4.78 is 17.6. The Bertz CT molecular complexity index is 1510. The van der Waals surface area contributed by atoms with Crippen molar-refractivity contribution in [3.05, 3.63) is 103 Å². The second kappa shape index (κ2) is 17.8. The number of hydrogen-bond donors (Lipinski definition) is 1. The quantitative estimate of drug-likeness (QED) is 0.104. The highest BCUT2D eigenvalue weighted by Crippen LogP contribution is 2.38. The highest BCUT2D eigenvalue weighted by Gasteiger charge is 2.49. The minimum atomic E-state index is -1.52. The molecule has 1 N–H and O–H groups in total. The molecule has 16 nitrogen and oxygen atoms in total. The van der Waals surface area contributed by atoms with Crippen LogP contribution in [-0.2, 0) is 32.2 Å². The number of aliphatic hydroxyl groups excluding tert-OH is 1. The summed E-state index contributed by atoms with van der Waals surface area (Å²) in [6, 6.07) is 16.1. The standard InChI is InChI=1S/C32H40N10O6/c1-3-27(42(18-21-10-6-4-7-11-21)32(45)46-19-22-12-8-5-9-13-22)23-14-15-24(36-39-33)28(16-23)48-31-26(38-41-35)17-25(37-40-34)30(29(31)44)47-20(2)43/h4-13,23-31,44H,3,14-19H2,1-2H3/t23-,24-,25-,26+,27-,28+,29-,30+,31-/m1/s1. The lowest BCUT2D eigenvalue weighted by Crippen LogP contribution is -2.59. The lowest BCUT2D eigenvalue weighted by molar-refractivity contribution is -0.183. The van der Waals surface area contributed by atoms with Gasteiger partial charge in [0.05, 0.1) is 30.3 Å². The van der Waals surface area contributed by atoms with Crippen molar-refractivity contribution in [3.8, 4) is 0 Å². The van der Waals surface area contributed by atoms with Crippen LogP contribution in [0.15, 0.2) is 76.0 Å². The van der Waals surface area contributed by atoms with Crippen LogP contribution in [0.2, 0.25) is 0 Å². The Labute approximate surface area is 277 Å². The number of ether oxygens (including phenoxy) is 3. The maximum Gasteiger partial charge on any atom is 0.410 e. The van der Waals surface area contributed by atoms with Gasteiger partial charge in [0.1, 0.15) is 18.8 Å². The summed E-state index contributed by atoms with van der Waals surface area (Å²) in [6.07, 6.45) is -3.25. The third kappa shape index (κ3) is 9.31. The van der Waals surface area contributed by atoms with E-state index in [0.717, 1.165) is 18.1 Å². The molecule has 2 aromatic rings. The Morgan fingerprint density at radius 3 is 2.04 bits per heavy atom. The van der Waals surface area contributed by atoms with Crippen molar-refractivity contribution in [1.82, 2.24) is 4.90 Å². The summed E-state index contributed by atoms with van der Waals surface area (Å²) in [5, 5.41) is 22.8. The smallest absolute Gasteiger partial charge is 0.410 e. The van der Waals surface area contributed by atoms with Crippen LogP contribution >= 0.6 is 0 Å². The summed E-state index contributed by atoms with van der Waals surface area (Å²) in [5.41, 5.74) is 29.6. The Morgan fingerprint density at radius 2 is 1.46 bits per heavy atom. The van der Waals surface area contributed by atoms with Gasteiger partial charge in [-0.2, -0.15) is 0 Å². The lowest BCUT2D eigenvalue weighted by Gasteiger charge is -2.46. The summed E-state index contributed by atoms with van der Waals surface area (Å²) in [4.78, 5) is 36.1. The summed E-state index contributed by atoms with van der Waals surface area (Å²) in [5.74, 6) is -0.830. The number of hydrogen-bond acceptors (Lipinski definition) is 9. The van der Waals surface area contributed by atoms with Crippen LogP contribution in [0.4, 0.5) is 4.79 Å². The minimum Gasteiger partial charge on any atom is -0.459 e. The van der Waals surface area contributed by atoms with Crippen molar-refractivity contribution in [2.45, 2.75) is 108 Å². The third-order valence-electron chi connectivity index (χ3n) is 8.94. The molecular weight excluding hydrogens is 620 g/mol. The molecule has 16 heteroatoms. The van der Waals surface area contributed by atoms with Gasteiger partial charge in [0.25, 0.3) is 0 Å². The summed E-state index contributed by atoms with van der Waals surface area (Å²) in [7, 11) is 0. The van der Waals surface area contributed by atoms with Crippen molar-refractivity contribution >= 4 is 12.1 Å². The normalized spacial score (nSPS) is 27.1. The molecule has 0 spiro atoms. The van der Waals surface area contributed by atoms with Crippen molar-refractivity contribution < 1.29 is 28.9 Å². The number of aliphatic hydroxyl groups is 1. The third-order valence-corrected chi connectivity index (χ3v) is 8.94. The molecule has 0 saturated heterocycles. The molecule has 2 aliphatic carbocycles. The Balaban J connectivity index is 1.61. The molecule has 9 atom stereocenters. The van der Waals surface area contributed by atoms with Gasteiger partial charge < -0.3 is 24.2 Å². The Hall–Kier alpha value is -4.97. The lowest BCUT2D eigenvalue weighted by atomic mass is 9.78. The van der Waals surface area contributed by atoms with Gasteiger partial charge in [0, 0.05) is 34.2 Å². The van der Waals surface area contributed by atoms with E-state index in [4.69, 9.17) is 19.7 Å². The van der Waals surface area contributed by atoms with Crippen LogP contribution < -0.4 is 0 Å². The Kier molecular flexibility index (Phi) is 13.3. The summed E-state index contributed by atoms with van der Waals surface area (Å²) >= 11 is 0. The second-order valence-corrected chi connectivity index (χ2v) is 12.0. The van der Waals surface area contributed by atoms with Gasteiger partial charge in [0.15, 0.2) is 0 Å². The Morgan fingerprint density at radius 1 is 0.875 bits per heavy atom.